The quantitative estimate of drug-likeness (QED) is 0.495. The monoisotopic (exact) mass is 448 g/mol. The summed E-state index contributed by atoms with van der Waals surface area (Å²) in [6.07, 6.45) is 30.0. The van der Waals surface area contributed by atoms with Gasteiger partial charge in [0.1, 0.15) is 0 Å². The summed E-state index contributed by atoms with van der Waals surface area (Å²) in [4.78, 5) is 0. The Morgan fingerprint density at radius 1 is 0.235 bits per heavy atom. The largest absolute Gasteiger partial charge is 0.0626 e. The minimum absolute atomic E-state index is 0. The molecule has 3 aliphatic carbocycles. The van der Waals surface area contributed by atoms with E-state index >= 15 is 0 Å². The molecule has 3 saturated carbocycles. The van der Waals surface area contributed by atoms with E-state index in [1.165, 1.54) is 0 Å². The summed E-state index contributed by atoms with van der Waals surface area (Å²) in [6, 6.07) is 0. The van der Waals surface area contributed by atoms with Crippen LogP contribution >= 0.6 is 0 Å². The molecule has 0 aromatic heterocycles. The first-order valence-corrected chi connectivity index (χ1v) is 5.00. The molecule has 0 aromatic carbocycles. The first-order valence-electron chi connectivity index (χ1n) is 5.00. The minimum atomic E-state index is 0. The minimum Gasteiger partial charge on any atom is -0.0626 e. The zero-order valence-electron chi connectivity index (χ0n) is 9.16. The molecular formula is C15H19BU-. The Morgan fingerprint density at radius 2 is 0.294 bits per heavy atom. The van der Waals surface area contributed by atoms with Crippen molar-refractivity contribution in [2.75, 3.05) is 0 Å². The number of hydrogen-bond donors (Lipinski definition) is 0. The van der Waals surface area contributed by atoms with Crippen molar-refractivity contribution < 1.29 is 31.1 Å². The van der Waals surface area contributed by atoms with Gasteiger partial charge in [-0.05, 0) is 96.3 Å². The van der Waals surface area contributed by atoms with Crippen LogP contribution < -0.4 is 0 Å². The van der Waals surface area contributed by atoms with Gasteiger partial charge >= 0.3 is 0 Å². The summed E-state index contributed by atoms with van der Waals surface area (Å²) in [6.45, 7) is 0. The van der Waals surface area contributed by atoms with E-state index in [0.717, 1.165) is 0 Å². The van der Waals surface area contributed by atoms with Crippen molar-refractivity contribution in [1.29, 1.82) is 0 Å². The summed E-state index contributed by atoms with van der Waals surface area (Å²) in [5.74, 6) is 0. The SMILES string of the molecule is [BH4-].[CH]1[CH][CH][CH][CH]1.[CH]1[CH][CH][CH][CH]1.[CH]1[CH][CH][CH][CH]1.[U]. The van der Waals surface area contributed by atoms with E-state index in [9.17, 15) is 0 Å². The fraction of sp³-hybridized carbons (Fsp3) is 0. The van der Waals surface area contributed by atoms with Crippen LogP contribution in [0.2, 0.25) is 0 Å². The van der Waals surface area contributed by atoms with Gasteiger partial charge in [-0.1, -0.05) is 8.41 Å². The zero-order chi connectivity index (χ0) is 10.6. The normalized spacial score (nSPS) is 21.2. The molecule has 15 radical (unpaired) electrons. The van der Waals surface area contributed by atoms with Gasteiger partial charge in [-0.3, -0.25) is 0 Å². The van der Waals surface area contributed by atoms with Gasteiger partial charge in [-0.2, -0.15) is 0 Å². The molecule has 0 N–H and O–H groups in total. The molecule has 0 aliphatic heterocycles. The maximum Gasteiger partial charge on any atom is 0 e. The van der Waals surface area contributed by atoms with Gasteiger partial charge in [0, 0.05) is 31.1 Å². The third-order valence-corrected chi connectivity index (χ3v) is 1.67. The van der Waals surface area contributed by atoms with E-state index in [-0.39, 0.29) is 39.5 Å². The molecule has 0 spiro atoms. The van der Waals surface area contributed by atoms with Crippen molar-refractivity contribution in [2.24, 2.45) is 0 Å². The summed E-state index contributed by atoms with van der Waals surface area (Å²) >= 11 is 0. The van der Waals surface area contributed by atoms with Crippen LogP contribution in [0.1, 0.15) is 0 Å². The van der Waals surface area contributed by atoms with Gasteiger partial charge in [-0.15, -0.1) is 0 Å². The number of rotatable bonds is 0. The van der Waals surface area contributed by atoms with Crippen LogP contribution in [0.5, 0.6) is 0 Å². The van der Waals surface area contributed by atoms with E-state index in [0.29, 0.717) is 0 Å². The molecule has 0 nitrogen and oxygen atoms in total. The summed E-state index contributed by atoms with van der Waals surface area (Å²) < 4.78 is 0. The predicted molar refractivity (Wildman–Crippen MR) is 75.8 cm³/mol. The molecule has 0 unspecified atom stereocenters. The van der Waals surface area contributed by atoms with Gasteiger partial charge in [0.2, 0.25) is 0 Å². The Morgan fingerprint density at radius 3 is 0.353 bits per heavy atom. The van der Waals surface area contributed by atoms with Crippen molar-refractivity contribution in [3.8, 4) is 0 Å². The fourth-order valence-corrected chi connectivity index (χ4v) is 0.962. The molecule has 3 rings (SSSR count). The zero-order valence-corrected chi connectivity index (χ0v) is 13.3. The second kappa shape index (κ2) is 17.1. The summed E-state index contributed by atoms with van der Waals surface area (Å²) in [7, 11) is 0. The van der Waals surface area contributed by atoms with Gasteiger partial charge in [-0.25, -0.2) is 0 Å². The van der Waals surface area contributed by atoms with Crippen LogP contribution in [0.15, 0.2) is 0 Å². The van der Waals surface area contributed by atoms with Crippen LogP contribution in [0, 0.1) is 127 Å². The van der Waals surface area contributed by atoms with Crippen molar-refractivity contribution in [2.45, 2.75) is 0 Å². The third kappa shape index (κ3) is 15.1. The van der Waals surface area contributed by atoms with Crippen molar-refractivity contribution >= 4 is 8.41 Å². The second-order valence-corrected chi connectivity index (χ2v) is 2.89. The van der Waals surface area contributed by atoms with Crippen molar-refractivity contribution in [3.63, 3.8) is 0 Å². The van der Waals surface area contributed by atoms with Crippen LogP contribution in [0.3, 0.4) is 0 Å². The van der Waals surface area contributed by atoms with Crippen molar-refractivity contribution in [3.05, 3.63) is 96.3 Å². The maximum atomic E-state index is 2.00. The van der Waals surface area contributed by atoms with Crippen LogP contribution in [0.25, 0.3) is 0 Å². The first kappa shape index (κ1) is 20.4. The van der Waals surface area contributed by atoms with Gasteiger partial charge in [0.25, 0.3) is 0 Å². The smallest absolute Gasteiger partial charge is 0 e. The Kier molecular flexibility index (Phi) is 20.6. The fourth-order valence-electron chi connectivity index (χ4n) is 0.962. The molecule has 87 valence electrons. The molecule has 0 atom stereocenters. The van der Waals surface area contributed by atoms with Crippen molar-refractivity contribution in [1.82, 2.24) is 0 Å². The second-order valence-electron chi connectivity index (χ2n) is 2.89. The van der Waals surface area contributed by atoms with Gasteiger partial charge in [0.15, 0.2) is 0 Å². The predicted octanol–water partition coefficient (Wildman–Crippen LogP) is 1.61. The number of hydrogen-bond acceptors (Lipinski definition) is 0. The van der Waals surface area contributed by atoms with E-state index in [4.69, 9.17) is 0 Å². The molecule has 0 heterocycles. The Hall–Kier alpha value is 1.12. The molecule has 3 aliphatic rings. The first-order chi connectivity index (χ1) is 7.50. The average Bonchev–Trinajstić information content (AvgIpc) is 3.09. The molecule has 17 heavy (non-hydrogen) atoms. The van der Waals surface area contributed by atoms with Gasteiger partial charge in [0.05, 0.1) is 0 Å². The molecule has 3 fully saturated rings. The van der Waals surface area contributed by atoms with E-state index in [2.05, 4.69) is 0 Å². The molecule has 2 heteroatoms. The molecule has 0 amide bonds. The third-order valence-electron chi connectivity index (χ3n) is 1.67. The summed E-state index contributed by atoms with van der Waals surface area (Å²) in [5.41, 5.74) is 0. The molecule has 0 saturated heterocycles. The van der Waals surface area contributed by atoms with E-state index < -0.39 is 0 Å². The van der Waals surface area contributed by atoms with Gasteiger partial charge < -0.3 is 0 Å². The van der Waals surface area contributed by atoms with Crippen LogP contribution in [-0.2, 0) is 0 Å². The summed E-state index contributed by atoms with van der Waals surface area (Å²) in [5, 5.41) is 0. The Bertz CT molecular complexity index is 69.5. The maximum absolute atomic E-state index is 2.00. The molecule has 0 aromatic rings. The molecule has 0 bridgehead atoms. The standard InChI is InChI=1S/3C5H5.BH4.U/c3*1-2-4-5-3-1;;/h3*1-5H;1H4;/q;;;-1;. The molecular weight excluding hydrogens is 429 g/mol. The Balaban J connectivity index is 0. The van der Waals surface area contributed by atoms with E-state index in [1.807, 2.05) is 96.3 Å². The topological polar surface area (TPSA) is 0 Å². The Labute approximate surface area is 135 Å². The van der Waals surface area contributed by atoms with Crippen LogP contribution in [-0.4, -0.2) is 8.41 Å². The van der Waals surface area contributed by atoms with E-state index in [1.54, 1.807) is 0 Å². The van der Waals surface area contributed by atoms with Crippen LogP contribution in [0.4, 0.5) is 0 Å². The average molecular weight is 448 g/mol.